The van der Waals surface area contributed by atoms with E-state index in [-0.39, 0.29) is 0 Å². The van der Waals surface area contributed by atoms with E-state index in [9.17, 15) is 0 Å². The lowest BCUT2D eigenvalue weighted by molar-refractivity contribution is 1.39. The SMILES string of the molecule is Cc1cc2c3cccc4cc5ccccc5c(c5cccc(c1C)c25)c43. The van der Waals surface area contributed by atoms with Crippen LogP contribution in [0.15, 0.2) is 72.8 Å². The summed E-state index contributed by atoms with van der Waals surface area (Å²) in [4.78, 5) is 0. The van der Waals surface area contributed by atoms with Gasteiger partial charge in [0.15, 0.2) is 0 Å². The third-order valence-electron chi connectivity index (χ3n) is 6.14. The molecule has 0 unspecified atom stereocenters. The predicted octanol–water partition coefficient (Wildman–Crippen LogP) is 7.51. The van der Waals surface area contributed by atoms with Crippen LogP contribution in [-0.4, -0.2) is 0 Å². The van der Waals surface area contributed by atoms with Crippen molar-refractivity contribution >= 4 is 53.9 Å². The molecule has 0 aromatic heterocycles. The molecule has 0 radical (unpaired) electrons. The van der Waals surface area contributed by atoms with Gasteiger partial charge in [0.25, 0.3) is 0 Å². The maximum atomic E-state index is 2.38. The van der Waals surface area contributed by atoms with Crippen molar-refractivity contribution in [2.45, 2.75) is 13.8 Å². The normalized spacial score (nSPS) is 12.2. The number of hydrogen-bond acceptors (Lipinski definition) is 0. The Morgan fingerprint density at radius 2 is 1.15 bits per heavy atom. The molecule has 0 spiro atoms. The van der Waals surface area contributed by atoms with Gasteiger partial charge < -0.3 is 0 Å². The first-order valence-corrected chi connectivity index (χ1v) is 9.22. The Balaban J connectivity index is 2.12. The fourth-order valence-corrected chi connectivity index (χ4v) is 4.81. The van der Waals surface area contributed by atoms with E-state index in [4.69, 9.17) is 0 Å². The summed E-state index contributed by atoms with van der Waals surface area (Å²) >= 11 is 0. The first-order valence-electron chi connectivity index (χ1n) is 9.22. The van der Waals surface area contributed by atoms with Crippen LogP contribution in [0.1, 0.15) is 11.1 Å². The van der Waals surface area contributed by atoms with Gasteiger partial charge in [-0.05, 0) is 84.9 Å². The molecule has 0 bridgehead atoms. The average molecular weight is 330 g/mol. The van der Waals surface area contributed by atoms with Crippen molar-refractivity contribution in [2.24, 2.45) is 0 Å². The number of rotatable bonds is 0. The molecule has 0 saturated carbocycles. The van der Waals surface area contributed by atoms with Gasteiger partial charge in [-0.3, -0.25) is 0 Å². The zero-order chi connectivity index (χ0) is 17.4. The molecule has 0 fully saturated rings. The molecule has 0 amide bonds. The van der Waals surface area contributed by atoms with E-state index < -0.39 is 0 Å². The van der Waals surface area contributed by atoms with Gasteiger partial charge in [0.2, 0.25) is 0 Å². The summed E-state index contributed by atoms with van der Waals surface area (Å²) in [7, 11) is 0. The van der Waals surface area contributed by atoms with E-state index >= 15 is 0 Å². The third kappa shape index (κ3) is 1.60. The van der Waals surface area contributed by atoms with Crippen LogP contribution >= 0.6 is 0 Å². The monoisotopic (exact) mass is 330 g/mol. The van der Waals surface area contributed by atoms with Crippen LogP contribution in [0, 0.1) is 13.8 Å². The molecular weight excluding hydrogens is 312 g/mol. The largest absolute Gasteiger partial charge is 0.0616 e. The lowest BCUT2D eigenvalue weighted by Crippen LogP contribution is -1.91. The van der Waals surface area contributed by atoms with Gasteiger partial charge in [-0.1, -0.05) is 66.7 Å². The van der Waals surface area contributed by atoms with Crippen molar-refractivity contribution in [1.29, 1.82) is 0 Å². The van der Waals surface area contributed by atoms with Gasteiger partial charge in [0.1, 0.15) is 0 Å². The highest BCUT2D eigenvalue weighted by Gasteiger charge is 2.16. The summed E-state index contributed by atoms with van der Waals surface area (Å²) in [5.74, 6) is 0. The van der Waals surface area contributed by atoms with Gasteiger partial charge in [-0.2, -0.15) is 0 Å². The molecule has 0 saturated heterocycles. The fraction of sp³-hybridized carbons (Fsp3) is 0.0769. The molecule has 0 N–H and O–H groups in total. The van der Waals surface area contributed by atoms with Gasteiger partial charge in [0, 0.05) is 0 Å². The lowest BCUT2D eigenvalue weighted by atomic mass is 9.85. The molecule has 0 nitrogen and oxygen atoms in total. The van der Waals surface area contributed by atoms with E-state index in [0.29, 0.717) is 0 Å². The molecule has 0 aliphatic rings. The molecule has 26 heavy (non-hydrogen) atoms. The Hall–Kier alpha value is -3.12. The molecule has 0 aliphatic heterocycles. The van der Waals surface area contributed by atoms with Gasteiger partial charge in [-0.15, -0.1) is 0 Å². The quantitative estimate of drug-likeness (QED) is 0.200. The van der Waals surface area contributed by atoms with Crippen LogP contribution < -0.4 is 0 Å². The Morgan fingerprint density at radius 3 is 2.08 bits per heavy atom. The number of benzene rings is 6. The maximum Gasteiger partial charge on any atom is -0.00141 e. The molecule has 6 aromatic carbocycles. The van der Waals surface area contributed by atoms with Crippen LogP contribution in [0.2, 0.25) is 0 Å². The summed E-state index contributed by atoms with van der Waals surface area (Å²) in [5, 5.41) is 13.7. The molecule has 0 heterocycles. The standard InChI is InChI=1S/C26H18/c1-15-13-23-21-11-5-8-18-14-17-7-3-4-9-20(17)26(24(18)21)22-12-6-10-19(16(15)2)25(22)23/h3-14H,1-2H3. The zero-order valence-electron chi connectivity index (χ0n) is 14.9. The fourth-order valence-electron chi connectivity index (χ4n) is 4.81. The minimum atomic E-state index is 1.32. The Labute approximate surface area is 152 Å². The highest BCUT2D eigenvalue weighted by molar-refractivity contribution is 6.38. The number of hydrogen-bond donors (Lipinski definition) is 0. The van der Waals surface area contributed by atoms with Crippen LogP contribution in [0.3, 0.4) is 0 Å². The highest BCUT2D eigenvalue weighted by atomic mass is 14.2. The third-order valence-corrected chi connectivity index (χ3v) is 6.14. The van der Waals surface area contributed by atoms with E-state index in [1.807, 2.05) is 0 Å². The van der Waals surface area contributed by atoms with Crippen molar-refractivity contribution in [2.75, 3.05) is 0 Å². The first-order chi connectivity index (χ1) is 12.7. The van der Waals surface area contributed by atoms with Crippen molar-refractivity contribution in [1.82, 2.24) is 0 Å². The smallest absolute Gasteiger partial charge is 0.00141 e. The van der Waals surface area contributed by atoms with E-state index in [1.54, 1.807) is 0 Å². The Kier molecular flexibility index (Phi) is 2.57. The molecule has 6 rings (SSSR count). The Morgan fingerprint density at radius 1 is 0.462 bits per heavy atom. The highest BCUT2D eigenvalue weighted by Crippen LogP contribution is 2.44. The van der Waals surface area contributed by atoms with E-state index in [1.165, 1.54) is 65.0 Å². The number of aryl methyl sites for hydroxylation is 2. The first kappa shape index (κ1) is 14.1. The van der Waals surface area contributed by atoms with Crippen LogP contribution in [-0.2, 0) is 0 Å². The molecule has 0 atom stereocenters. The van der Waals surface area contributed by atoms with E-state index in [0.717, 1.165) is 0 Å². The molecule has 6 aromatic rings. The van der Waals surface area contributed by atoms with Gasteiger partial charge in [0.05, 0.1) is 0 Å². The maximum absolute atomic E-state index is 2.38. The Bertz CT molecular complexity index is 1490. The summed E-state index contributed by atoms with van der Waals surface area (Å²) in [6, 6.07) is 27.1. The summed E-state index contributed by atoms with van der Waals surface area (Å²) < 4.78 is 0. The average Bonchev–Trinajstić information content (AvgIpc) is 2.68. The van der Waals surface area contributed by atoms with Crippen molar-refractivity contribution in [3.05, 3.63) is 83.9 Å². The zero-order valence-corrected chi connectivity index (χ0v) is 14.9. The summed E-state index contributed by atoms with van der Waals surface area (Å²) in [5.41, 5.74) is 2.76. The topological polar surface area (TPSA) is 0 Å². The minimum Gasteiger partial charge on any atom is -0.0616 e. The summed E-state index contributed by atoms with van der Waals surface area (Å²) in [6.45, 7) is 4.48. The molecular formula is C26H18. The molecule has 122 valence electrons. The van der Waals surface area contributed by atoms with E-state index in [2.05, 4.69) is 86.6 Å². The second kappa shape index (κ2) is 4.74. The van der Waals surface area contributed by atoms with Crippen molar-refractivity contribution in [3.63, 3.8) is 0 Å². The van der Waals surface area contributed by atoms with Gasteiger partial charge >= 0.3 is 0 Å². The van der Waals surface area contributed by atoms with Crippen LogP contribution in [0.5, 0.6) is 0 Å². The number of fused-ring (bicyclic) bond motifs is 4. The minimum absolute atomic E-state index is 1.32. The van der Waals surface area contributed by atoms with Crippen molar-refractivity contribution in [3.8, 4) is 0 Å². The second-order valence-electron chi connectivity index (χ2n) is 7.47. The molecule has 0 aliphatic carbocycles. The lowest BCUT2D eigenvalue weighted by Gasteiger charge is -2.18. The van der Waals surface area contributed by atoms with Gasteiger partial charge in [-0.25, -0.2) is 0 Å². The molecule has 0 heteroatoms. The second-order valence-corrected chi connectivity index (χ2v) is 7.47. The summed E-state index contributed by atoms with van der Waals surface area (Å²) in [6.07, 6.45) is 0. The van der Waals surface area contributed by atoms with Crippen molar-refractivity contribution < 1.29 is 0 Å². The predicted molar refractivity (Wildman–Crippen MR) is 115 cm³/mol. The van der Waals surface area contributed by atoms with Crippen LogP contribution in [0.4, 0.5) is 0 Å². The van der Waals surface area contributed by atoms with Crippen LogP contribution in [0.25, 0.3) is 53.9 Å².